The number of ether oxygens (including phenoxy) is 1. The van der Waals surface area contributed by atoms with Gasteiger partial charge in [-0.25, -0.2) is 8.42 Å². The van der Waals surface area contributed by atoms with Crippen molar-refractivity contribution < 1.29 is 33.0 Å². The third-order valence-electron chi connectivity index (χ3n) is 10.1. The average molecular weight is 851 g/mol. The maximum atomic E-state index is 14.1. The number of phenolic OH excluding ortho intramolecular Hbond substituents is 1. The number of hydrogen-bond donors (Lipinski definition) is 7. The van der Waals surface area contributed by atoms with Crippen molar-refractivity contribution >= 4 is 60.5 Å². The number of aliphatic hydroxyl groups excluding tert-OH is 1. The van der Waals surface area contributed by atoms with Gasteiger partial charge in [0.25, 0.3) is 11.8 Å². The summed E-state index contributed by atoms with van der Waals surface area (Å²) in [5.41, 5.74) is 9.53. The first-order valence-corrected chi connectivity index (χ1v) is 20.9. The van der Waals surface area contributed by atoms with Gasteiger partial charge < -0.3 is 41.6 Å². The summed E-state index contributed by atoms with van der Waals surface area (Å²) in [6.45, 7) is 2.59. The van der Waals surface area contributed by atoms with Crippen LogP contribution in [-0.4, -0.2) is 60.6 Å². The Kier molecular flexibility index (Phi) is 12.6. The Labute approximate surface area is 356 Å². The zero-order valence-corrected chi connectivity index (χ0v) is 34.5. The molecular formula is C47H42N6O8S. The minimum absolute atomic E-state index is 0.0648. The fraction of sp³-hybridized carbons (Fsp3) is 0.149. The molecule has 0 spiro atoms. The van der Waals surface area contributed by atoms with E-state index in [9.17, 15) is 33.0 Å². The molecule has 0 unspecified atom stereocenters. The lowest BCUT2D eigenvalue weighted by Gasteiger charge is -2.16. The fourth-order valence-electron chi connectivity index (χ4n) is 6.91. The summed E-state index contributed by atoms with van der Waals surface area (Å²) in [7, 11) is -2.65. The number of pyridine rings is 2. The number of hydrogen-bond acceptors (Lipinski definition) is 11. The number of nitrogens with zero attached hydrogens (tertiary/aromatic N) is 1. The highest BCUT2D eigenvalue weighted by Crippen LogP contribution is 2.35. The van der Waals surface area contributed by atoms with Crippen molar-refractivity contribution in [2.45, 2.75) is 35.7 Å². The smallest absolute Gasteiger partial charge is 0.255 e. The quantitative estimate of drug-likeness (QED) is 0.0463. The molecule has 314 valence electrons. The first-order chi connectivity index (χ1) is 29.8. The van der Waals surface area contributed by atoms with E-state index in [0.29, 0.717) is 57.5 Å². The highest BCUT2D eigenvalue weighted by atomic mass is 32.2. The third-order valence-corrected chi connectivity index (χ3v) is 11.8. The monoisotopic (exact) mass is 850 g/mol. The molecule has 7 aromatic rings. The summed E-state index contributed by atoms with van der Waals surface area (Å²) < 4.78 is 33.6. The Hall–Kier alpha value is -7.51. The molecule has 0 saturated carbocycles. The van der Waals surface area contributed by atoms with Gasteiger partial charge in [-0.2, -0.15) is 0 Å². The van der Waals surface area contributed by atoms with E-state index in [1.807, 2.05) is 0 Å². The highest BCUT2D eigenvalue weighted by molar-refractivity contribution is 7.91. The number of nitrogens with two attached hydrogens (primary N) is 1. The van der Waals surface area contributed by atoms with Gasteiger partial charge in [0.2, 0.25) is 15.4 Å². The van der Waals surface area contributed by atoms with Crippen molar-refractivity contribution in [3.8, 4) is 23.3 Å². The Bertz CT molecular complexity index is 3090. The zero-order chi connectivity index (χ0) is 44.0. The van der Waals surface area contributed by atoms with E-state index in [2.05, 4.69) is 37.8 Å². The molecule has 5 aromatic carbocycles. The van der Waals surface area contributed by atoms with Crippen LogP contribution < -0.4 is 32.0 Å². The van der Waals surface area contributed by atoms with Gasteiger partial charge in [-0.3, -0.25) is 19.4 Å². The van der Waals surface area contributed by atoms with Crippen molar-refractivity contribution in [2.24, 2.45) is 5.73 Å². The van der Waals surface area contributed by atoms with Crippen molar-refractivity contribution in [3.05, 3.63) is 154 Å². The molecule has 2 amide bonds. The number of primary amides is 1. The highest BCUT2D eigenvalue weighted by Gasteiger charge is 2.24. The minimum atomic E-state index is -4.18. The van der Waals surface area contributed by atoms with E-state index < -0.39 is 27.8 Å². The SMILES string of the molecule is COc1cccc(Nc2c(C(N)=O)cnc3c(C)cc(S(=O)(=O)c4cccc(C(=O)Nc5ccc(C#CCCCNC[C@@H](O)c6ccc(O)c7[nH]c(=O)ccc67)cc5)c4)cc23)c1. The number of aromatic amines is 1. The number of phenols is 1. The molecule has 0 bridgehead atoms. The molecule has 2 aromatic heterocycles. The summed E-state index contributed by atoms with van der Waals surface area (Å²) >= 11 is 0. The number of anilines is 3. The van der Waals surface area contributed by atoms with Gasteiger partial charge in [0, 0.05) is 64.6 Å². The largest absolute Gasteiger partial charge is 0.506 e. The van der Waals surface area contributed by atoms with E-state index in [1.54, 1.807) is 67.6 Å². The Balaban J connectivity index is 0.977. The Morgan fingerprint density at radius 1 is 0.919 bits per heavy atom. The maximum Gasteiger partial charge on any atom is 0.255 e. The first-order valence-electron chi connectivity index (χ1n) is 19.5. The molecular weight excluding hydrogens is 809 g/mol. The summed E-state index contributed by atoms with van der Waals surface area (Å²) in [6, 6.07) is 28.6. The zero-order valence-electron chi connectivity index (χ0n) is 33.7. The first kappa shape index (κ1) is 42.6. The summed E-state index contributed by atoms with van der Waals surface area (Å²) in [5, 5.41) is 31.0. The minimum Gasteiger partial charge on any atom is -0.506 e. The number of aliphatic hydroxyl groups is 1. The van der Waals surface area contributed by atoms with Gasteiger partial charge >= 0.3 is 0 Å². The van der Waals surface area contributed by atoms with Crippen molar-refractivity contribution in [3.63, 3.8) is 0 Å². The second-order valence-corrected chi connectivity index (χ2v) is 16.3. The number of H-pyrrole nitrogens is 1. The molecule has 2 heterocycles. The third kappa shape index (κ3) is 9.43. The van der Waals surface area contributed by atoms with E-state index in [0.717, 1.165) is 12.0 Å². The number of methoxy groups -OCH3 is 1. The molecule has 0 aliphatic rings. The van der Waals surface area contributed by atoms with Gasteiger partial charge in [0.15, 0.2) is 0 Å². The average Bonchev–Trinajstić information content (AvgIpc) is 3.27. The maximum absolute atomic E-state index is 14.1. The van der Waals surface area contributed by atoms with Crippen LogP contribution in [0, 0.1) is 18.8 Å². The second kappa shape index (κ2) is 18.4. The number of aromatic hydroxyl groups is 1. The number of aromatic nitrogens is 2. The molecule has 0 radical (unpaired) electrons. The molecule has 7 rings (SSSR count). The van der Waals surface area contributed by atoms with Crippen molar-refractivity contribution in [1.82, 2.24) is 15.3 Å². The van der Waals surface area contributed by atoms with Gasteiger partial charge in [-0.1, -0.05) is 30.0 Å². The van der Waals surface area contributed by atoms with Crippen LogP contribution in [0.1, 0.15) is 56.4 Å². The van der Waals surface area contributed by atoms with Gasteiger partial charge in [-0.05, 0) is 110 Å². The number of unbranched alkanes of at least 4 members (excludes halogenated alkanes) is 1. The van der Waals surface area contributed by atoms with Crippen LogP contribution in [-0.2, 0) is 9.84 Å². The van der Waals surface area contributed by atoms with E-state index in [-0.39, 0.29) is 50.0 Å². The van der Waals surface area contributed by atoms with E-state index in [1.165, 1.54) is 61.8 Å². The number of nitrogens with one attached hydrogen (secondary N) is 4. The van der Waals surface area contributed by atoms with E-state index in [4.69, 9.17) is 10.5 Å². The molecule has 8 N–H and O–H groups in total. The van der Waals surface area contributed by atoms with Crippen LogP contribution in [0.3, 0.4) is 0 Å². The summed E-state index contributed by atoms with van der Waals surface area (Å²) in [5.74, 6) is 5.46. The standard InChI is InChI=1S/C47H42N6O8S/c1-28-22-35(25-38-43(28)50-26-39(46(48)57)44(38)51-32-10-7-11-33(24-32)61-2)62(59,60)34-12-6-9-30(23-34)47(58)52-31-15-13-29(14-16-31)8-4-3-5-21-49-27-41(55)36-17-19-40(54)45-37(36)18-20-42(56)53-45/h6-7,9-20,22-26,41,49,54-55H,3,5,21,27H2,1-2H3,(H2,48,57)(H,50,51)(H,52,58)(H,53,56)/t41-/m1/s1. The van der Waals surface area contributed by atoms with Crippen LogP contribution in [0.4, 0.5) is 17.1 Å². The molecule has 0 fully saturated rings. The summed E-state index contributed by atoms with van der Waals surface area (Å²) in [6.07, 6.45) is 1.82. The molecule has 1 atom stereocenters. The fourth-order valence-corrected chi connectivity index (χ4v) is 8.33. The normalized spacial score (nSPS) is 11.7. The number of benzene rings is 5. The van der Waals surface area contributed by atoms with Gasteiger partial charge in [0.1, 0.15) is 11.5 Å². The molecule has 15 heteroatoms. The van der Waals surface area contributed by atoms with Crippen molar-refractivity contribution in [2.75, 3.05) is 30.8 Å². The van der Waals surface area contributed by atoms with Crippen molar-refractivity contribution in [1.29, 1.82) is 0 Å². The van der Waals surface area contributed by atoms with Crippen LogP contribution >= 0.6 is 0 Å². The van der Waals surface area contributed by atoms with Crippen LogP contribution in [0.25, 0.3) is 21.8 Å². The topological polar surface area (TPSA) is 226 Å². The van der Waals surface area contributed by atoms with Gasteiger partial charge in [0.05, 0.1) is 45.3 Å². The number of rotatable bonds is 14. The number of carbonyl (C=O) groups is 2. The lowest BCUT2D eigenvalue weighted by atomic mass is 10.0. The summed E-state index contributed by atoms with van der Waals surface area (Å²) in [4.78, 5) is 44.4. The molecule has 0 saturated heterocycles. The molecule has 0 aliphatic heterocycles. The van der Waals surface area contributed by atoms with E-state index >= 15 is 0 Å². The van der Waals surface area contributed by atoms with Gasteiger partial charge in [-0.15, -0.1) is 0 Å². The van der Waals surface area contributed by atoms with Crippen LogP contribution in [0.2, 0.25) is 0 Å². The molecule has 62 heavy (non-hydrogen) atoms. The number of amides is 2. The Morgan fingerprint density at radius 3 is 2.48 bits per heavy atom. The van der Waals surface area contributed by atoms with Crippen LogP contribution in [0.15, 0.2) is 130 Å². The number of sulfone groups is 1. The lowest BCUT2D eigenvalue weighted by molar-refractivity contribution is 0.0998. The number of carbonyl (C=O) groups excluding carboxylic acids is 2. The molecule has 14 nitrogen and oxygen atoms in total. The Morgan fingerprint density at radius 2 is 1.71 bits per heavy atom. The predicted octanol–water partition coefficient (Wildman–Crippen LogP) is 6.48. The van der Waals surface area contributed by atoms with Crippen LogP contribution in [0.5, 0.6) is 11.5 Å². The number of aryl methyl sites for hydroxylation is 1. The predicted molar refractivity (Wildman–Crippen MR) is 238 cm³/mol. The number of fused-ring (bicyclic) bond motifs is 2. The lowest BCUT2D eigenvalue weighted by Crippen LogP contribution is -2.22. The molecule has 0 aliphatic carbocycles. The second-order valence-electron chi connectivity index (χ2n) is 14.4.